The molecule has 1 atom stereocenters. The number of aromatic amines is 1. The van der Waals surface area contributed by atoms with E-state index in [2.05, 4.69) is 36.3 Å². The number of amides is 1. The number of carbonyl (C=O) groups excluding carboxylic acids is 1. The van der Waals surface area contributed by atoms with Crippen molar-refractivity contribution in [2.24, 2.45) is 0 Å². The van der Waals surface area contributed by atoms with Gasteiger partial charge in [-0.15, -0.1) is 0 Å². The van der Waals surface area contributed by atoms with Crippen LogP contribution in [0.4, 0.5) is 0 Å². The molecule has 0 saturated heterocycles. The van der Waals surface area contributed by atoms with Crippen molar-refractivity contribution in [1.29, 1.82) is 0 Å². The van der Waals surface area contributed by atoms with Crippen LogP contribution in [0.5, 0.6) is 0 Å². The molecule has 1 heterocycles. The van der Waals surface area contributed by atoms with Crippen LogP contribution in [0, 0.1) is 13.8 Å². The van der Waals surface area contributed by atoms with Gasteiger partial charge in [-0.1, -0.05) is 48.5 Å². The topological polar surface area (TPSA) is 62.0 Å². The van der Waals surface area contributed by atoms with Gasteiger partial charge in [-0.3, -0.25) is 9.59 Å². The van der Waals surface area contributed by atoms with Crippen molar-refractivity contribution in [3.05, 3.63) is 105 Å². The van der Waals surface area contributed by atoms with Gasteiger partial charge in [0.2, 0.25) is 5.56 Å². The molecule has 0 aliphatic rings. The highest BCUT2D eigenvalue weighted by Crippen LogP contribution is 2.24. The molecule has 2 N–H and O–H groups in total. The number of pyridine rings is 1. The first-order valence-corrected chi connectivity index (χ1v) is 8.16. The van der Waals surface area contributed by atoms with E-state index in [-0.39, 0.29) is 17.5 Å². The van der Waals surface area contributed by atoms with E-state index in [1.807, 2.05) is 36.4 Å². The third-order valence-electron chi connectivity index (χ3n) is 4.32. The van der Waals surface area contributed by atoms with Crippen molar-refractivity contribution in [3.8, 4) is 0 Å². The monoisotopic (exact) mass is 332 g/mol. The van der Waals surface area contributed by atoms with Gasteiger partial charge in [-0.2, -0.15) is 0 Å². The van der Waals surface area contributed by atoms with E-state index in [9.17, 15) is 9.59 Å². The van der Waals surface area contributed by atoms with Gasteiger partial charge in [0.15, 0.2) is 0 Å². The zero-order chi connectivity index (χ0) is 17.8. The van der Waals surface area contributed by atoms with Crippen LogP contribution in [-0.4, -0.2) is 10.9 Å². The number of hydrogen-bond acceptors (Lipinski definition) is 2. The van der Waals surface area contributed by atoms with Gasteiger partial charge in [0.1, 0.15) is 0 Å². The molecule has 0 unspecified atom stereocenters. The minimum Gasteiger partial charge on any atom is -0.341 e. The lowest BCUT2D eigenvalue weighted by atomic mass is 9.95. The first kappa shape index (κ1) is 16.7. The van der Waals surface area contributed by atoms with Crippen molar-refractivity contribution in [2.45, 2.75) is 19.9 Å². The Balaban J connectivity index is 1.96. The van der Waals surface area contributed by atoms with Crippen molar-refractivity contribution in [1.82, 2.24) is 10.3 Å². The number of rotatable bonds is 4. The molecule has 0 bridgehead atoms. The van der Waals surface area contributed by atoms with Crippen LogP contribution in [-0.2, 0) is 0 Å². The molecule has 2 aromatic carbocycles. The summed E-state index contributed by atoms with van der Waals surface area (Å²) in [5.41, 5.74) is 4.60. The van der Waals surface area contributed by atoms with Crippen LogP contribution in [0.25, 0.3) is 0 Å². The van der Waals surface area contributed by atoms with E-state index in [0.29, 0.717) is 5.56 Å². The summed E-state index contributed by atoms with van der Waals surface area (Å²) >= 11 is 0. The summed E-state index contributed by atoms with van der Waals surface area (Å²) in [6.07, 6.45) is 1.43. The van der Waals surface area contributed by atoms with E-state index >= 15 is 0 Å². The van der Waals surface area contributed by atoms with Crippen LogP contribution in [0.1, 0.15) is 38.7 Å². The lowest BCUT2D eigenvalue weighted by molar-refractivity contribution is 0.0942. The van der Waals surface area contributed by atoms with Gasteiger partial charge >= 0.3 is 0 Å². The number of H-pyrrole nitrogens is 1. The van der Waals surface area contributed by atoms with Gasteiger partial charge in [-0.05, 0) is 42.2 Å². The minimum absolute atomic E-state index is 0.231. The van der Waals surface area contributed by atoms with E-state index < -0.39 is 0 Å². The molecule has 0 aliphatic heterocycles. The van der Waals surface area contributed by atoms with Crippen molar-refractivity contribution in [3.63, 3.8) is 0 Å². The molecule has 1 amide bonds. The molecule has 0 spiro atoms. The fourth-order valence-corrected chi connectivity index (χ4v) is 2.72. The average Bonchev–Trinajstić information content (AvgIpc) is 2.63. The van der Waals surface area contributed by atoms with Gasteiger partial charge in [0.25, 0.3) is 5.91 Å². The Morgan fingerprint density at radius 1 is 0.920 bits per heavy atom. The Bertz CT molecular complexity index is 925. The third kappa shape index (κ3) is 3.86. The van der Waals surface area contributed by atoms with E-state index in [0.717, 1.165) is 11.1 Å². The smallest absolute Gasteiger partial charge is 0.253 e. The Labute approximate surface area is 146 Å². The Morgan fingerprint density at radius 3 is 2.32 bits per heavy atom. The molecule has 3 aromatic rings. The maximum absolute atomic E-state index is 12.6. The number of hydrogen-bond donors (Lipinski definition) is 2. The molecule has 4 nitrogen and oxygen atoms in total. The Hall–Kier alpha value is -3.14. The van der Waals surface area contributed by atoms with Crippen LogP contribution < -0.4 is 10.9 Å². The highest BCUT2D eigenvalue weighted by atomic mass is 16.2. The number of nitrogens with one attached hydrogen (secondary N) is 2. The molecule has 25 heavy (non-hydrogen) atoms. The van der Waals surface area contributed by atoms with E-state index in [1.54, 1.807) is 0 Å². The van der Waals surface area contributed by atoms with Crippen LogP contribution >= 0.6 is 0 Å². The zero-order valence-electron chi connectivity index (χ0n) is 14.2. The number of aromatic nitrogens is 1. The summed E-state index contributed by atoms with van der Waals surface area (Å²) in [4.78, 5) is 26.4. The first-order valence-electron chi connectivity index (χ1n) is 8.16. The van der Waals surface area contributed by atoms with E-state index in [4.69, 9.17) is 0 Å². The van der Waals surface area contributed by atoms with Crippen molar-refractivity contribution in [2.75, 3.05) is 0 Å². The molecule has 3 rings (SSSR count). The van der Waals surface area contributed by atoms with Gasteiger partial charge in [0.05, 0.1) is 11.6 Å². The summed E-state index contributed by atoms with van der Waals surface area (Å²) in [5, 5.41) is 3.07. The summed E-state index contributed by atoms with van der Waals surface area (Å²) in [7, 11) is 0. The summed E-state index contributed by atoms with van der Waals surface area (Å²) in [5.74, 6) is -0.233. The molecule has 126 valence electrons. The van der Waals surface area contributed by atoms with Gasteiger partial charge in [-0.25, -0.2) is 0 Å². The zero-order valence-corrected chi connectivity index (χ0v) is 14.2. The summed E-state index contributed by atoms with van der Waals surface area (Å²) < 4.78 is 0. The maximum Gasteiger partial charge on any atom is 0.253 e. The predicted molar refractivity (Wildman–Crippen MR) is 98.7 cm³/mol. The molecular weight excluding hydrogens is 312 g/mol. The summed E-state index contributed by atoms with van der Waals surface area (Å²) in [6, 6.07) is 18.6. The maximum atomic E-state index is 12.6. The molecule has 4 heteroatoms. The second kappa shape index (κ2) is 7.18. The van der Waals surface area contributed by atoms with Crippen molar-refractivity contribution < 1.29 is 4.79 Å². The number of carbonyl (C=O) groups is 1. The van der Waals surface area contributed by atoms with Crippen LogP contribution in [0.2, 0.25) is 0 Å². The molecule has 0 saturated carbocycles. The van der Waals surface area contributed by atoms with Gasteiger partial charge < -0.3 is 10.3 Å². The largest absolute Gasteiger partial charge is 0.341 e. The lowest BCUT2D eigenvalue weighted by Gasteiger charge is -2.21. The normalized spacial score (nSPS) is 11.8. The lowest BCUT2D eigenvalue weighted by Crippen LogP contribution is -2.29. The third-order valence-corrected chi connectivity index (χ3v) is 4.32. The average molecular weight is 332 g/mol. The van der Waals surface area contributed by atoms with Crippen LogP contribution in [0.15, 0.2) is 71.7 Å². The van der Waals surface area contributed by atoms with E-state index in [1.165, 1.54) is 29.5 Å². The van der Waals surface area contributed by atoms with Crippen LogP contribution in [0.3, 0.4) is 0 Å². The fourth-order valence-electron chi connectivity index (χ4n) is 2.72. The standard InChI is InChI=1S/C21H20N2O2/c1-14-8-9-17(12-15(14)2)20(16-6-4-3-5-7-16)23-21(25)18-10-11-19(24)22-13-18/h3-13,20H,1-2H3,(H,22,24)(H,23,25)/t20-/m1/s1. The minimum atomic E-state index is -0.264. The highest BCUT2D eigenvalue weighted by Gasteiger charge is 2.18. The number of benzene rings is 2. The predicted octanol–water partition coefficient (Wildman–Crippen LogP) is 3.51. The molecular formula is C21H20N2O2. The van der Waals surface area contributed by atoms with Gasteiger partial charge in [0, 0.05) is 12.3 Å². The highest BCUT2D eigenvalue weighted by molar-refractivity contribution is 5.94. The SMILES string of the molecule is Cc1ccc([C@H](NC(=O)c2ccc(=O)[nH]c2)c2ccccc2)cc1C. The Morgan fingerprint density at radius 2 is 1.68 bits per heavy atom. The second-order valence-electron chi connectivity index (χ2n) is 6.10. The quantitative estimate of drug-likeness (QED) is 0.768. The fraction of sp³-hybridized carbons (Fsp3) is 0.143. The molecule has 1 aromatic heterocycles. The first-order chi connectivity index (χ1) is 12.0. The second-order valence-corrected chi connectivity index (χ2v) is 6.10. The number of aryl methyl sites for hydroxylation is 2. The summed E-state index contributed by atoms with van der Waals surface area (Å²) in [6.45, 7) is 4.13. The van der Waals surface area contributed by atoms with Crippen molar-refractivity contribution >= 4 is 5.91 Å². The molecule has 0 radical (unpaired) electrons. The molecule has 0 aliphatic carbocycles. The Kier molecular flexibility index (Phi) is 4.80. The molecule has 0 fully saturated rings.